The predicted octanol–water partition coefficient (Wildman–Crippen LogP) is 4.57. The van der Waals surface area contributed by atoms with Gasteiger partial charge in [-0.1, -0.05) is 36.4 Å². The van der Waals surface area contributed by atoms with Gasteiger partial charge in [-0.2, -0.15) is 0 Å². The van der Waals surface area contributed by atoms with Crippen molar-refractivity contribution in [2.45, 2.75) is 25.3 Å². The Kier molecular flexibility index (Phi) is 6.21. The highest BCUT2D eigenvalue weighted by Crippen LogP contribution is 2.39. The Labute approximate surface area is 187 Å². The second-order valence-corrected chi connectivity index (χ2v) is 8.03. The molecule has 3 aromatic carbocycles. The molecular weight excluding hydrogens is 405 g/mol. The maximum absolute atomic E-state index is 14.0. The number of hydrogen-bond acceptors (Lipinski definition) is 3. The van der Waals surface area contributed by atoms with Crippen molar-refractivity contribution < 1.29 is 14.0 Å². The van der Waals surface area contributed by atoms with E-state index >= 15 is 0 Å². The van der Waals surface area contributed by atoms with Crippen LogP contribution in [0.2, 0.25) is 0 Å². The van der Waals surface area contributed by atoms with Crippen molar-refractivity contribution in [1.82, 2.24) is 10.6 Å². The standard InChI is InChI=1S/C26H26FN3O2/c1-16-21(22-7-4-8-23(27)24(22)30-16)13-14-29-26(32)18-11-9-17(10-12-18)19-5-3-6-20(15-19)25(31)28-2/h3-12,15-16,21,30H,13-14H2,1-2H3,(H,28,31)(H,29,32). The van der Waals surface area contributed by atoms with Crippen molar-refractivity contribution >= 4 is 17.5 Å². The Hall–Kier alpha value is -3.67. The third-order valence-electron chi connectivity index (χ3n) is 5.99. The monoisotopic (exact) mass is 431 g/mol. The summed E-state index contributed by atoms with van der Waals surface area (Å²) in [6.45, 7) is 2.53. The lowest BCUT2D eigenvalue weighted by atomic mass is 9.92. The molecule has 0 saturated carbocycles. The fourth-order valence-electron chi connectivity index (χ4n) is 4.25. The number of nitrogens with one attached hydrogen (secondary N) is 3. The normalized spacial score (nSPS) is 16.7. The van der Waals surface area contributed by atoms with E-state index in [4.69, 9.17) is 0 Å². The first-order valence-electron chi connectivity index (χ1n) is 10.7. The molecule has 0 spiro atoms. The van der Waals surface area contributed by atoms with Gasteiger partial charge < -0.3 is 16.0 Å². The molecule has 3 aromatic rings. The van der Waals surface area contributed by atoms with E-state index in [1.165, 1.54) is 6.07 Å². The summed E-state index contributed by atoms with van der Waals surface area (Å²) in [7, 11) is 1.60. The molecule has 0 aliphatic carbocycles. The third kappa shape index (κ3) is 4.35. The number of carbonyl (C=O) groups is 2. The molecular formula is C26H26FN3O2. The summed E-state index contributed by atoms with van der Waals surface area (Å²) >= 11 is 0. The first-order chi connectivity index (χ1) is 15.5. The molecule has 0 aromatic heterocycles. The molecule has 1 heterocycles. The molecule has 3 N–H and O–H groups in total. The molecule has 0 fully saturated rings. The Morgan fingerprint density at radius 2 is 1.69 bits per heavy atom. The van der Waals surface area contributed by atoms with E-state index in [-0.39, 0.29) is 29.6 Å². The fourth-order valence-corrected chi connectivity index (χ4v) is 4.25. The van der Waals surface area contributed by atoms with Crippen LogP contribution in [0.3, 0.4) is 0 Å². The van der Waals surface area contributed by atoms with Crippen LogP contribution in [0.1, 0.15) is 45.5 Å². The van der Waals surface area contributed by atoms with Crippen molar-refractivity contribution in [3.05, 3.63) is 89.2 Å². The molecule has 164 valence electrons. The minimum Gasteiger partial charge on any atom is -0.379 e. The second kappa shape index (κ2) is 9.22. The van der Waals surface area contributed by atoms with E-state index in [9.17, 15) is 14.0 Å². The molecule has 1 aliphatic heterocycles. The average molecular weight is 432 g/mol. The number of rotatable bonds is 6. The zero-order chi connectivity index (χ0) is 22.7. The molecule has 2 atom stereocenters. The minimum atomic E-state index is -0.234. The molecule has 32 heavy (non-hydrogen) atoms. The minimum absolute atomic E-state index is 0.114. The Bertz CT molecular complexity index is 1140. The van der Waals surface area contributed by atoms with E-state index < -0.39 is 0 Å². The predicted molar refractivity (Wildman–Crippen MR) is 124 cm³/mol. The SMILES string of the molecule is CNC(=O)c1cccc(-c2ccc(C(=O)NCCC3c4cccc(F)c4NC3C)cc2)c1. The van der Waals surface area contributed by atoms with Gasteiger partial charge in [0, 0.05) is 36.7 Å². The lowest BCUT2D eigenvalue weighted by Gasteiger charge is -2.16. The highest BCUT2D eigenvalue weighted by Gasteiger charge is 2.30. The molecule has 1 aliphatic rings. The number of carbonyl (C=O) groups excluding carboxylic acids is 2. The van der Waals surface area contributed by atoms with Crippen LogP contribution in [-0.4, -0.2) is 31.4 Å². The van der Waals surface area contributed by atoms with Gasteiger partial charge in [0.25, 0.3) is 11.8 Å². The van der Waals surface area contributed by atoms with Gasteiger partial charge in [-0.15, -0.1) is 0 Å². The zero-order valence-corrected chi connectivity index (χ0v) is 18.1. The van der Waals surface area contributed by atoms with Crippen molar-refractivity contribution in [3.8, 4) is 11.1 Å². The summed E-state index contributed by atoms with van der Waals surface area (Å²) in [6.07, 6.45) is 0.723. The molecule has 2 unspecified atom stereocenters. The van der Waals surface area contributed by atoms with Gasteiger partial charge in [-0.3, -0.25) is 9.59 Å². The zero-order valence-electron chi connectivity index (χ0n) is 18.1. The van der Waals surface area contributed by atoms with Gasteiger partial charge >= 0.3 is 0 Å². The van der Waals surface area contributed by atoms with Crippen LogP contribution in [-0.2, 0) is 0 Å². The van der Waals surface area contributed by atoms with Gasteiger partial charge in [-0.25, -0.2) is 4.39 Å². The summed E-state index contributed by atoms with van der Waals surface area (Å²) < 4.78 is 14.0. The summed E-state index contributed by atoms with van der Waals surface area (Å²) in [5.74, 6) is -0.369. The Morgan fingerprint density at radius 3 is 2.44 bits per heavy atom. The average Bonchev–Trinajstić information content (AvgIpc) is 3.15. The molecule has 6 heteroatoms. The summed E-state index contributed by atoms with van der Waals surface area (Å²) in [4.78, 5) is 24.4. The summed E-state index contributed by atoms with van der Waals surface area (Å²) in [6, 6.07) is 19.9. The van der Waals surface area contributed by atoms with Gasteiger partial charge in [0.15, 0.2) is 0 Å². The van der Waals surface area contributed by atoms with E-state index in [0.717, 1.165) is 23.1 Å². The Balaban J connectivity index is 1.37. The van der Waals surface area contributed by atoms with Crippen LogP contribution < -0.4 is 16.0 Å². The van der Waals surface area contributed by atoms with Gasteiger partial charge in [-0.05, 0) is 60.4 Å². The quantitative estimate of drug-likeness (QED) is 0.536. The molecule has 0 radical (unpaired) electrons. The molecule has 4 rings (SSSR count). The number of hydrogen-bond donors (Lipinski definition) is 3. The van der Waals surface area contributed by atoms with Gasteiger partial charge in [0.1, 0.15) is 5.82 Å². The van der Waals surface area contributed by atoms with Crippen LogP contribution >= 0.6 is 0 Å². The van der Waals surface area contributed by atoms with Crippen LogP contribution in [0.15, 0.2) is 66.7 Å². The van der Waals surface area contributed by atoms with Crippen LogP contribution in [0, 0.1) is 5.82 Å². The first kappa shape index (κ1) is 21.6. The van der Waals surface area contributed by atoms with Crippen LogP contribution in [0.25, 0.3) is 11.1 Å². The fraction of sp³-hybridized carbons (Fsp3) is 0.231. The number of para-hydroxylation sites is 1. The molecule has 0 saturated heterocycles. The summed E-state index contributed by atoms with van der Waals surface area (Å²) in [5, 5.41) is 8.80. The smallest absolute Gasteiger partial charge is 0.251 e. The maximum atomic E-state index is 14.0. The largest absolute Gasteiger partial charge is 0.379 e. The van der Waals surface area contributed by atoms with E-state index in [1.807, 2.05) is 43.3 Å². The highest BCUT2D eigenvalue weighted by molar-refractivity contribution is 5.96. The number of anilines is 1. The van der Waals surface area contributed by atoms with E-state index in [2.05, 4.69) is 16.0 Å². The highest BCUT2D eigenvalue weighted by atomic mass is 19.1. The first-order valence-corrected chi connectivity index (χ1v) is 10.7. The van der Waals surface area contributed by atoms with Crippen molar-refractivity contribution in [1.29, 1.82) is 0 Å². The molecule has 2 amide bonds. The van der Waals surface area contributed by atoms with Crippen molar-refractivity contribution in [2.75, 3.05) is 18.9 Å². The number of halogens is 1. The number of amides is 2. The van der Waals surface area contributed by atoms with E-state index in [1.54, 1.807) is 31.3 Å². The maximum Gasteiger partial charge on any atom is 0.251 e. The van der Waals surface area contributed by atoms with E-state index in [0.29, 0.717) is 23.4 Å². The number of benzene rings is 3. The lowest BCUT2D eigenvalue weighted by molar-refractivity contribution is 0.0948. The number of fused-ring (bicyclic) bond motifs is 1. The lowest BCUT2D eigenvalue weighted by Crippen LogP contribution is -2.27. The molecule has 0 bridgehead atoms. The van der Waals surface area contributed by atoms with Gasteiger partial charge in [0.05, 0.1) is 5.69 Å². The van der Waals surface area contributed by atoms with Gasteiger partial charge in [0.2, 0.25) is 0 Å². The molecule has 5 nitrogen and oxygen atoms in total. The van der Waals surface area contributed by atoms with Crippen molar-refractivity contribution in [2.24, 2.45) is 0 Å². The topological polar surface area (TPSA) is 70.2 Å². The second-order valence-electron chi connectivity index (χ2n) is 8.03. The summed E-state index contributed by atoms with van der Waals surface area (Å²) in [5.41, 5.74) is 4.54. The third-order valence-corrected chi connectivity index (χ3v) is 5.99. The Morgan fingerprint density at radius 1 is 0.938 bits per heavy atom. The van der Waals surface area contributed by atoms with Crippen LogP contribution in [0.4, 0.5) is 10.1 Å². The van der Waals surface area contributed by atoms with Crippen molar-refractivity contribution in [3.63, 3.8) is 0 Å². The van der Waals surface area contributed by atoms with Crippen LogP contribution in [0.5, 0.6) is 0 Å².